The molecule has 0 N–H and O–H groups in total. The average molecular weight is 315 g/mol. The van der Waals surface area contributed by atoms with Gasteiger partial charge < -0.3 is 9.64 Å². The summed E-state index contributed by atoms with van der Waals surface area (Å²) >= 11 is 5.95. The van der Waals surface area contributed by atoms with E-state index in [9.17, 15) is 0 Å². The van der Waals surface area contributed by atoms with Crippen molar-refractivity contribution in [2.75, 3.05) is 31.2 Å². The van der Waals surface area contributed by atoms with Gasteiger partial charge in [-0.05, 0) is 18.2 Å². The molecule has 0 bridgehead atoms. The van der Waals surface area contributed by atoms with Crippen LogP contribution >= 0.6 is 11.6 Å². The first-order valence-corrected chi connectivity index (χ1v) is 7.62. The summed E-state index contributed by atoms with van der Waals surface area (Å²) in [6.45, 7) is 3.18. The molecule has 1 aliphatic heterocycles. The zero-order chi connectivity index (χ0) is 14.9. The number of benzene rings is 1. The van der Waals surface area contributed by atoms with Crippen LogP contribution in [0.4, 0.5) is 5.82 Å². The summed E-state index contributed by atoms with van der Waals surface area (Å²) in [7, 11) is 0. The quantitative estimate of drug-likeness (QED) is 0.729. The van der Waals surface area contributed by atoms with Crippen molar-refractivity contribution in [3.05, 3.63) is 47.7 Å². The highest BCUT2D eigenvalue weighted by Gasteiger charge is 2.17. The number of nitrogens with zero attached hydrogens (tertiary/aromatic N) is 4. The van der Waals surface area contributed by atoms with Gasteiger partial charge in [0.05, 0.1) is 18.9 Å². The predicted molar refractivity (Wildman–Crippen MR) is 86.5 cm³/mol. The fraction of sp³-hybridized carbons (Fsp3) is 0.250. The van der Waals surface area contributed by atoms with Gasteiger partial charge in [-0.15, -0.1) is 0 Å². The van der Waals surface area contributed by atoms with E-state index in [2.05, 4.69) is 21.0 Å². The molecular formula is C16H15ClN4O. The molecule has 0 saturated carbocycles. The van der Waals surface area contributed by atoms with Crippen LogP contribution in [0, 0.1) is 0 Å². The van der Waals surface area contributed by atoms with Gasteiger partial charge in [0.25, 0.3) is 0 Å². The lowest BCUT2D eigenvalue weighted by molar-refractivity contribution is 0.122. The number of rotatable bonds is 2. The molecule has 3 heterocycles. The Hall–Kier alpha value is -2.11. The lowest BCUT2D eigenvalue weighted by Gasteiger charge is -2.27. The second kappa shape index (κ2) is 5.59. The number of fused-ring (bicyclic) bond motifs is 1. The number of hydrogen-bond acceptors (Lipinski definition) is 4. The highest BCUT2D eigenvalue weighted by atomic mass is 35.5. The Bertz CT molecular complexity index is 794. The minimum atomic E-state index is 0.725. The third-order valence-corrected chi connectivity index (χ3v) is 4.07. The summed E-state index contributed by atoms with van der Waals surface area (Å²) in [5, 5.41) is 5.37. The maximum atomic E-state index is 5.95. The van der Waals surface area contributed by atoms with Gasteiger partial charge in [-0.1, -0.05) is 23.7 Å². The van der Waals surface area contributed by atoms with E-state index in [1.54, 1.807) is 6.20 Å². The summed E-state index contributed by atoms with van der Waals surface area (Å²) in [4.78, 5) is 6.78. The highest BCUT2D eigenvalue weighted by Crippen LogP contribution is 2.26. The van der Waals surface area contributed by atoms with Gasteiger partial charge in [0.2, 0.25) is 0 Å². The van der Waals surface area contributed by atoms with Crippen LogP contribution < -0.4 is 4.90 Å². The molecule has 0 aliphatic carbocycles. The Labute approximate surface area is 133 Å². The molecular weight excluding hydrogens is 300 g/mol. The molecule has 22 heavy (non-hydrogen) atoms. The Balaban J connectivity index is 1.78. The Morgan fingerprint density at radius 1 is 1.09 bits per heavy atom. The third kappa shape index (κ3) is 2.42. The van der Waals surface area contributed by atoms with E-state index in [1.807, 2.05) is 35.0 Å². The molecule has 1 saturated heterocycles. The maximum absolute atomic E-state index is 5.95. The smallest absolute Gasteiger partial charge is 0.154 e. The van der Waals surface area contributed by atoms with Crippen LogP contribution in [0.15, 0.2) is 42.7 Å². The van der Waals surface area contributed by atoms with Crippen molar-refractivity contribution < 1.29 is 4.74 Å². The van der Waals surface area contributed by atoms with E-state index in [4.69, 9.17) is 16.3 Å². The maximum Gasteiger partial charge on any atom is 0.154 e. The number of halogens is 1. The normalized spacial score (nSPS) is 15.4. The van der Waals surface area contributed by atoms with Gasteiger partial charge in [-0.3, -0.25) is 0 Å². The fourth-order valence-electron chi connectivity index (χ4n) is 2.69. The minimum Gasteiger partial charge on any atom is -0.378 e. The third-order valence-electron chi connectivity index (χ3n) is 3.82. The Morgan fingerprint density at radius 2 is 1.86 bits per heavy atom. The van der Waals surface area contributed by atoms with E-state index in [1.165, 1.54) is 0 Å². The first-order chi connectivity index (χ1) is 10.8. The van der Waals surface area contributed by atoms with Crippen LogP contribution in [0.5, 0.6) is 0 Å². The van der Waals surface area contributed by atoms with Crippen molar-refractivity contribution >= 4 is 22.9 Å². The number of hydrogen-bond donors (Lipinski definition) is 0. The monoisotopic (exact) mass is 314 g/mol. The number of anilines is 1. The van der Waals surface area contributed by atoms with Gasteiger partial charge in [0.1, 0.15) is 5.52 Å². The zero-order valence-corrected chi connectivity index (χ0v) is 12.7. The van der Waals surface area contributed by atoms with Gasteiger partial charge in [-0.25, -0.2) is 9.50 Å². The standard InChI is InChI=1S/C16H15ClN4O/c17-13-3-1-12(2-4-13)14-11-15-16(18-5-6-21(15)19-14)20-7-9-22-10-8-20/h1-6,11H,7-10H2. The summed E-state index contributed by atoms with van der Waals surface area (Å²) in [6.07, 6.45) is 3.66. The second-order valence-electron chi connectivity index (χ2n) is 5.22. The van der Waals surface area contributed by atoms with Crippen LogP contribution in [-0.4, -0.2) is 40.9 Å². The van der Waals surface area contributed by atoms with E-state index in [0.29, 0.717) is 0 Å². The van der Waals surface area contributed by atoms with Crippen molar-refractivity contribution in [1.82, 2.24) is 14.6 Å². The van der Waals surface area contributed by atoms with Crippen LogP contribution in [0.1, 0.15) is 0 Å². The molecule has 0 amide bonds. The molecule has 1 aromatic carbocycles. The molecule has 2 aromatic heterocycles. The average Bonchev–Trinajstić information content (AvgIpc) is 3.00. The zero-order valence-electron chi connectivity index (χ0n) is 11.9. The number of aromatic nitrogens is 3. The molecule has 4 rings (SSSR count). The van der Waals surface area contributed by atoms with Crippen LogP contribution in [-0.2, 0) is 4.74 Å². The lowest BCUT2D eigenvalue weighted by atomic mass is 10.1. The molecule has 3 aromatic rings. The van der Waals surface area contributed by atoms with E-state index >= 15 is 0 Å². The molecule has 1 fully saturated rings. The van der Waals surface area contributed by atoms with Gasteiger partial charge in [-0.2, -0.15) is 5.10 Å². The van der Waals surface area contributed by atoms with Crippen molar-refractivity contribution in [2.24, 2.45) is 0 Å². The predicted octanol–water partition coefficient (Wildman–Crippen LogP) is 2.89. The van der Waals surface area contributed by atoms with Crippen LogP contribution in [0.3, 0.4) is 0 Å². The molecule has 0 radical (unpaired) electrons. The van der Waals surface area contributed by atoms with Crippen molar-refractivity contribution in [2.45, 2.75) is 0 Å². The van der Waals surface area contributed by atoms with Crippen molar-refractivity contribution in [3.8, 4) is 11.3 Å². The topological polar surface area (TPSA) is 42.7 Å². The van der Waals surface area contributed by atoms with Crippen molar-refractivity contribution in [3.63, 3.8) is 0 Å². The summed E-state index contributed by atoms with van der Waals surface area (Å²) in [5.41, 5.74) is 2.97. The molecule has 0 spiro atoms. The van der Waals surface area contributed by atoms with Crippen LogP contribution in [0.25, 0.3) is 16.8 Å². The van der Waals surface area contributed by atoms with Crippen LogP contribution in [0.2, 0.25) is 5.02 Å². The molecule has 112 valence electrons. The summed E-state index contributed by atoms with van der Waals surface area (Å²) < 4.78 is 7.29. The van der Waals surface area contributed by atoms with E-state index < -0.39 is 0 Å². The molecule has 5 nitrogen and oxygen atoms in total. The summed E-state index contributed by atoms with van der Waals surface area (Å²) in [6, 6.07) is 9.78. The molecule has 0 atom stereocenters. The van der Waals surface area contributed by atoms with Gasteiger partial charge >= 0.3 is 0 Å². The molecule has 6 heteroatoms. The Kier molecular flexibility index (Phi) is 3.44. The number of ether oxygens (including phenoxy) is 1. The highest BCUT2D eigenvalue weighted by molar-refractivity contribution is 6.30. The van der Waals surface area contributed by atoms with E-state index in [-0.39, 0.29) is 0 Å². The van der Waals surface area contributed by atoms with E-state index in [0.717, 1.165) is 53.9 Å². The van der Waals surface area contributed by atoms with Gasteiger partial charge in [0, 0.05) is 36.1 Å². The second-order valence-corrected chi connectivity index (χ2v) is 5.65. The fourth-order valence-corrected chi connectivity index (χ4v) is 2.81. The first-order valence-electron chi connectivity index (χ1n) is 7.24. The number of morpholine rings is 1. The lowest BCUT2D eigenvalue weighted by Crippen LogP contribution is -2.37. The Morgan fingerprint density at radius 3 is 2.64 bits per heavy atom. The largest absolute Gasteiger partial charge is 0.378 e. The molecule has 1 aliphatic rings. The summed E-state index contributed by atoms with van der Waals surface area (Å²) in [5.74, 6) is 0.957. The van der Waals surface area contributed by atoms with Gasteiger partial charge in [0.15, 0.2) is 5.82 Å². The molecule has 0 unspecified atom stereocenters. The minimum absolute atomic E-state index is 0.725. The first kappa shape index (κ1) is 13.5. The SMILES string of the molecule is Clc1ccc(-c2cc3c(N4CCOCC4)nccn3n2)cc1. The van der Waals surface area contributed by atoms with Crippen molar-refractivity contribution in [1.29, 1.82) is 0 Å².